The molecule has 0 bridgehead atoms. The largest absolute Gasteiger partial charge is 0.396 e. The molecule has 2 rings (SSSR count). The summed E-state index contributed by atoms with van der Waals surface area (Å²) in [5.74, 6) is 0.990. The molecule has 3 nitrogen and oxygen atoms in total. The van der Waals surface area contributed by atoms with Crippen molar-refractivity contribution in [3.8, 4) is 0 Å². The third-order valence-corrected chi connectivity index (χ3v) is 4.23. The highest BCUT2D eigenvalue weighted by molar-refractivity contribution is 4.80. The smallest absolute Gasteiger partial charge is 0.0446 e. The maximum Gasteiger partial charge on any atom is 0.0446 e. The standard InChI is InChI=1S/C13H26N2O/c16-10-6-13-11-14-7-9-15(13)8-5-12-3-1-2-4-12/h12-14,16H,1-11H2. The van der Waals surface area contributed by atoms with E-state index in [1.807, 2.05) is 0 Å². The van der Waals surface area contributed by atoms with E-state index in [0.29, 0.717) is 12.6 Å². The molecule has 2 aliphatic rings. The van der Waals surface area contributed by atoms with Crippen molar-refractivity contribution in [3.63, 3.8) is 0 Å². The SMILES string of the molecule is OCCC1CNCCN1CCC1CCCC1. The van der Waals surface area contributed by atoms with E-state index in [0.717, 1.165) is 32.0 Å². The average Bonchev–Trinajstić information content (AvgIpc) is 2.81. The van der Waals surface area contributed by atoms with E-state index in [9.17, 15) is 0 Å². The van der Waals surface area contributed by atoms with Crippen LogP contribution < -0.4 is 5.32 Å². The number of piperazine rings is 1. The van der Waals surface area contributed by atoms with Gasteiger partial charge in [-0.3, -0.25) is 4.90 Å². The molecule has 3 heteroatoms. The summed E-state index contributed by atoms with van der Waals surface area (Å²) >= 11 is 0. The highest BCUT2D eigenvalue weighted by Crippen LogP contribution is 2.28. The topological polar surface area (TPSA) is 35.5 Å². The third-order valence-electron chi connectivity index (χ3n) is 4.23. The molecule has 2 N–H and O–H groups in total. The Morgan fingerprint density at radius 3 is 2.75 bits per heavy atom. The van der Waals surface area contributed by atoms with Gasteiger partial charge in [0.05, 0.1) is 0 Å². The van der Waals surface area contributed by atoms with Crippen molar-refractivity contribution >= 4 is 0 Å². The van der Waals surface area contributed by atoms with Gasteiger partial charge < -0.3 is 10.4 Å². The zero-order valence-corrected chi connectivity index (χ0v) is 10.3. The molecule has 1 aliphatic carbocycles. The number of nitrogens with zero attached hydrogens (tertiary/aromatic N) is 1. The van der Waals surface area contributed by atoms with Crippen molar-refractivity contribution < 1.29 is 5.11 Å². The van der Waals surface area contributed by atoms with Crippen LogP contribution in [0.3, 0.4) is 0 Å². The molecule has 1 saturated carbocycles. The number of aliphatic hydroxyl groups excluding tert-OH is 1. The number of hydrogen-bond donors (Lipinski definition) is 2. The highest BCUT2D eigenvalue weighted by atomic mass is 16.3. The lowest BCUT2D eigenvalue weighted by Crippen LogP contribution is -2.51. The zero-order valence-electron chi connectivity index (χ0n) is 10.3. The molecule has 0 radical (unpaired) electrons. The lowest BCUT2D eigenvalue weighted by atomic mass is 10.0. The fourth-order valence-corrected chi connectivity index (χ4v) is 3.18. The molecule has 16 heavy (non-hydrogen) atoms. The first-order valence-corrected chi connectivity index (χ1v) is 6.96. The molecular weight excluding hydrogens is 200 g/mol. The minimum absolute atomic E-state index is 0.326. The monoisotopic (exact) mass is 226 g/mol. The summed E-state index contributed by atoms with van der Waals surface area (Å²) in [4.78, 5) is 2.59. The molecule has 0 aromatic heterocycles. The number of nitrogens with one attached hydrogen (secondary N) is 1. The molecule has 1 saturated heterocycles. The van der Waals surface area contributed by atoms with Crippen molar-refractivity contribution in [3.05, 3.63) is 0 Å². The van der Waals surface area contributed by atoms with E-state index in [2.05, 4.69) is 10.2 Å². The number of hydrogen-bond acceptors (Lipinski definition) is 3. The molecule has 2 fully saturated rings. The van der Waals surface area contributed by atoms with E-state index >= 15 is 0 Å². The molecule has 0 aromatic rings. The highest BCUT2D eigenvalue weighted by Gasteiger charge is 2.23. The second-order valence-electron chi connectivity index (χ2n) is 5.35. The average molecular weight is 226 g/mol. The van der Waals surface area contributed by atoms with Crippen LogP contribution in [0.5, 0.6) is 0 Å². The summed E-state index contributed by atoms with van der Waals surface area (Å²) in [6, 6.07) is 0.570. The van der Waals surface area contributed by atoms with Gasteiger partial charge in [0.15, 0.2) is 0 Å². The Bertz CT molecular complexity index is 190. The van der Waals surface area contributed by atoms with Crippen molar-refractivity contribution in [2.75, 3.05) is 32.8 Å². The number of aliphatic hydroxyl groups is 1. The van der Waals surface area contributed by atoms with Gasteiger partial charge in [0.1, 0.15) is 0 Å². The fourth-order valence-electron chi connectivity index (χ4n) is 3.18. The Morgan fingerprint density at radius 2 is 2.00 bits per heavy atom. The number of rotatable bonds is 5. The van der Waals surface area contributed by atoms with Crippen LogP contribution in [-0.4, -0.2) is 48.8 Å². The summed E-state index contributed by atoms with van der Waals surface area (Å²) in [5.41, 5.74) is 0. The van der Waals surface area contributed by atoms with E-state index in [4.69, 9.17) is 5.11 Å². The van der Waals surface area contributed by atoms with Gasteiger partial charge in [-0.25, -0.2) is 0 Å². The summed E-state index contributed by atoms with van der Waals surface area (Å²) in [6.45, 7) is 4.92. The van der Waals surface area contributed by atoms with Gasteiger partial charge in [0, 0.05) is 32.3 Å². The van der Waals surface area contributed by atoms with Crippen molar-refractivity contribution in [1.29, 1.82) is 0 Å². The van der Waals surface area contributed by atoms with Crippen LogP contribution in [0.2, 0.25) is 0 Å². The summed E-state index contributed by atoms with van der Waals surface area (Å²) in [5, 5.41) is 12.5. The fraction of sp³-hybridized carbons (Fsp3) is 1.00. The maximum absolute atomic E-state index is 9.06. The molecule has 1 heterocycles. The molecule has 0 spiro atoms. The minimum atomic E-state index is 0.326. The van der Waals surface area contributed by atoms with Gasteiger partial charge in [0.25, 0.3) is 0 Å². The molecule has 0 amide bonds. The normalized spacial score (nSPS) is 28.7. The third kappa shape index (κ3) is 3.44. The Labute approximate surface area is 99.2 Å². The van der Waals surface area contributed by atoms with E-state index in [-0.39, 0.29) is 0 Å². The van der Waals surface area contributed by atoms with E-state index < -0.39 is 0 Å². The molecule has 94 valence electrons. The van der Waals surface area contributed by atoms with Crippen molar-refractivity contribution in [2.45, 2.75) is 44.6 Å². The molecular formula is C13H26N2O. The Balaban J connectivity index is 1.72. The quantitative estimate of drug-likeness (QED) is 0.740. The Kier molecular flexibility index (Phi) is 5.07. The summed E-state index contributed by atoms with van der Waals surface area (Å²) in [7, 11) is 0. The van der Waals surface area contributed by atoms with Gasteiger partial charge in [-0.15, -0.1) is 0 Å². The predicted octanol–water partition coefficient (Wildman–Crippen LogP) is 1.22. The zero-order chi connectivity index (χ0) is 11.2. The van der Waals surface area contributed by atoms with Gasteiger partial charge in [-0.05, 0) is 25.3 Å². The maximum atomic E-state index is 9.06. The lowest BCUT2D eigenvalue weighted by molar-refractivity contribution is 0.123. The molecule has 1 aliphatic heterocycles. The van der Waals surface area contributed by atoms with Gasteiger partial charge in [0.2, 0.25) is 0 Å². The Hall–Kier alpha value is -0.120. The van der Waals surface area contributed by atoms with Crippen LogP contribution in [0.15, 0.2) is 0 Å². The minimum Gasteiger partial charge on any atom is -0.396 e. The van der Waals surface area contributed by atoms with Crippen molar-refractivity contribution in [1.82, 2.24) is 10.2 Å². The second kappa shape index (κ2) is 6.58. The van der Waals surface area contributed by atoms with Crippen molar-refractivity contribution in [2.24, 2.45) is 5.92 Å². The lowest BCUT2D eigenvalue weighted by Gasteiger charge is -2.36. The van der Waals surface area contributed by atoms with Crippen LogP contribution in [0, 0.1) is 5.92 Å². The van der Waals surface area contributed by atoms with Gasteiger partial charge in [-0.2, -0.15) is 0 Å². The van der Waals surface area contributed by atoms with E-state index in [1.165, 1.54) is 38.6 Å². The van der Waals surface area contributed by atoms with Gasteiger partial charge in [-0.1, -0.05) is 25.7 Å². The summed E-state index contributed by atoms with van der Waals surface area (Å²) in [6.07, 6.45) is 8.12. The van der Waals surface area contributed by atoms with Crippen LogP contribution in [-0.2, 0) is 0 Å². The first-order chi connectivity index (χ1) is 7.90. The first kappa shape index (κ1) is 12.3. The Morgan fingerprint density at radius 1 is 1.19 bits per heavy atom. The molecule has 1 atom stereocenters. The first-order valence-electron chi connectivity index (χ1n) is 6.96. The van der Waals surface area contributed by atoms with Crippen LogP contribution >= 0.6 is 0 Å². The predicted molar refractivity (Wildman–Crippen MR) is 66.5 cm³/mol. The molecule has 1 unspecified atom stereocenters. The van der Waals surface area contributed by atoms with E-state index in [1.54, 1.807) is 0 Å². The molecule has 0 aromatic carbocycles. The van der Waals surface area contributed by atoms with Crippen LogP contribution in [0.25, 0.3) is 0 Å². The summed E-state index contributed by atoms with van der Waals surface area (Å²) < 4.78 is 0. The second-order valence-corrected chi connectivity index (χ2v) is 5.35. The van der Waals surface area contributed by atoms with Crippen LogP contribution in [0.1, 0.15) is 38.5 Å². The van der Waals surface area contributed by atoms with Gasteiger partial charge >= 0.3 is 0 Å². The van der Waals surface area contributed by atoms with Crippen LogP contribution in [0.4, 0.5) is 0 Å².